The molecule has 4 heterocycles. The molecule has 3 saturated heterocycles. The summed E-state index contributed by atoms with van der Waals surface area (Å²) in [6.45, 7) is 3.29. The molecule has 5 heteroatoms. The summed E-state index contributed by atoms with van der Waals surface area (Å²) in [6.07, 6.45) is 3.29. The Morgan fingerprint density at radius 3 is 2.06 bits per heavy atom. The highest BCUT2D eigenvalue weighted by molar-refractivity contribution is 7.12. The third kappa shape index (κ3) is 5.31. The van der Waals surface area contributed by atoms with Crippen molar-refractivity contribution in [1.29, 1.82) is 0 Å². The molecule has 0 saturated carbocycles. The van der Waals surface area contributed by atoms with Crippen LogP contribution in [0.25, 0.3) is 0 Å². The van der Waals surface area contributed by atoms with Crippen LogP contribution in [0, 0.1) is 11.8 Å². The number of ketones is 1. The summed E-state index contributed by atoms with van der Waals surface area (Å²) in [5.41, 5.74) is 2.30. The molecular formula is C29H32NO3S+. The molecule has 0 N–H and O–H groups in total. The number of nitrogens with zero attached hydrogens (tertiary/aromatic N) is 1. The van der Waals surface area contributed by atoms with Gasteiger partial charge in [0.2, 0.25) is 5.78 Å². The molecule has 4 nitrogen and oxygen atoms in total. The molecule has 1 aromatic heterocycles. The number of hydrogen-bond acceptors (Lipinski definition) is 4. The van der Waals surface area contributed by atoms with Crippen molar-refractivity contribution >= 4 is 23.1 Å². The van der Waals surface area contributed by atoms with Gasteiger partial charge >= 0.3 is 5.97 Å². The second-order valence-electron chi connectivity index (χ2n) is 9.92. The quantitative estimate of drug-likeness (QED) is 0.244. The number of hydrogen-bond donors (Lipinski definition) is 0. The molecule has 3 aliphatic rings. The molecule has 2 bridgehead atoms. The minimum atomic E-state index is -0.221. The van der Waals surface area contributed by atoms with Crippen molar-refractivity contribution in [3.05, 3.63) is 94.2 Å². The zero-order chi connectivity index (χ0) is 23.4. The molecule has 0 aliphatic carbocycles. The largest absolute Gasteiger partial charge is 0.456 e. The fourth-order valence-electron chi connectivity index (χ4n) is 5.68. The molecule has 0 radical (unpaired) electrons. The number of Topliss-reactive ketones (excluding diaryl/α,β-unsaturated/α-hetero) is 1. The highest BCUT2D eigenvalue weighted by Crippen LogP contribution is 2.36. The molecule has 176 valence electrons. The summed E-state index contributed by atoms with van der Waals surface area (Å²) in [6, 6.07) is 24.2. The first-order valence-corrected chi connectivity index (χ1v) is 13.2. The van der Waals surface area contributed by atoms with Crippen LogP contribution in [0.2, 0.25) is 0 Å². The molecule has 6 rings (SSSR count). The Balaban J connectivity index is 1.29. The fraction of sp³-hybridized carbons (Fsp3) is 0.379. The van der Waals surface area contributed by atoms with Gasteiger partial charge in [-0.05, 0) is 35.4 Å². The van der Waals surface area contributed by atoms with Crippen molar-refractivity contribution in [1.82, 2.24) is 0 Å². The van der Waals surface area contributed by atoms with Gasteiger partial charge in [0.15, 0.2) is 6.10 Å². The Hall–Kier alpha value is -2.76. The lowest BCUT2D eigenvalue weighted by Gasteiger charge is -2.51. The van der Waals surface area contributed by atoms with E-state index in [1.54, 1.807) is 0 Å². The van der Waals surface area contributed by atoms with E-state index in [-0.39, 0.29) is 23.8 Å². The van der Waals surface area contributed by atoms with E-state index in [9.17, 15) is 9.59 Å². The molecule has 0 spiro atoms. The van der Waals surface area contributed by atoms with E-state index in [4.69, 9.17) is 4.74 Å². The van der Waals surface area contributed by atoms with Gasteiger partial charge in [0.25, 0.3) is 0 Å². The summed E-state index contributed by atoms with van der Waals surface area (Å²) in [5, 5.41) is 1.96. The van der Waals surface area contributed by atoms with Crippen molar-refractivity contribution < 1.29 is 18.8 Å². The average molecular weight is 475 g/mol. The maximum absolute atomic E-state index is 13.5. The minimum Gasteiger partial charge on any atom is -0.456 e. The third-order valence-electron chi connectivity index (χ3n) is 7.57. The molecule has 3 aromatic rings. The van der Waals surface area contributed by atoms with Crippen LogP contribution in [-0.4, -0.2) is 48.5 Å². The molecule has 34 heavy (non-hydrogen) atoms. The predicted octanol–water partition coefficient (Wildman–Crippen LogP) is 5.18. The van der Waals surface area contributed by atoms with E-state index < -0.39 is 0 Å². The Bertz CT molecular complexity index is 1050. The number of carbonyl (C=O) groups is 2. The average Bonchev–Trinajstić information content (AvgIpc) is 3.41. The smallest absolute Gasteiger partial charge is 0.310 e. The number of thiophene rings is 1. The lowest BCUT2D eigenvalue weighted by atomic mass is 9.82. The maximum Gasteiger partial charge on any atom is 0.310 e. The number of rotatable bonds is 9. The normalized spacial score (nSPS) is 23.7. The van der Waals surface area contributed by atoms with Gasteiger partial charge in [0.05, 0.1) is 23.9 Å². The van der Waals surface area contributed by atoms with Crippen LogP contribution in [0.15, 0.2) is 78.2 Å². The van der Waals surface area contributed by atoms with E-state index in [0.717, 1.165) is 53.0 Å². The highest BCUT2D eigenvalue weighted by Gasteiger charge is 2.49. The molecule has 0 amide bonds. The van der Waals surface area contributed by atoms with Crippen molar-refractivity contribution in [3.63, 3.8) is 0 Å². The SMILES string of the molecule is O=C(C[N+]12CCC(CC1)[C@@H](OC(=O)C(Cc1ccccc1)Cc1ccccc1)C2)c1cccs1. The molecule has 3 fully saturated rings. The summed E-state index contributed by atoms with van der Waals surface area (Å²) < 4.78 is 7.02. The topological polar surface area (TPSA) is 43.4 Å². The second-order valence-corrected chi connectivity index (χ2v) is 10.9. The van der Waals surface area contributed by atoms with Gasteiger partial charge in [-0.2, -0.15) is 0 Å². The van der Waals surface area contributed by atoms with E-state index >= 15 is 0 Å². The number of fused-ring (bicyclic) bond motifs is 3. The maximum atomic E-state index is 13.5. The standard InChI is InChI=1S/C29H32NO3S/c31-26(28-12-7-17-34-28)20-30-15-13-24(14-16-30)27(21-30)33-29(32)25(18-22-8-3-1-4-9-22)19-23-10-5-2-6-11-23/h1-12,17,24-25,27H,13-16,18-21H2/q+1/t24?,27-,30?/m0/s1. The number of carbonyl (C=O) groups excluding carboxylic acids is 2. The zero-order valence-corrected chi connectivity index (χ0v) is 20.3. The van der Waals surface area contributed by atoms with Gasteiger partial charge in [0.1, 0.15) is 13.1 Å². The molecule has 1 atom stereocenters. The van der Waals surface area contributed by atoms with Gasteiger partial charge < -0.3 is 9.22 Å². The Morgan fingerprint density at radius 1 is 0.882 bits per heavy atom. The van der Waals surface area contributed by atoms with E-state index in [1.807, 2.05) is 53.9 Å². The van der Waals surface area contributed by atoms with Crippen molar-refractivity contribution in [2.75, 3.05) is 26.2 Å². The first-order valence-electron chi connectivity index (χ1n) is 12.3. The van der Waals surface area contributed by atoms with Crippen LogP contribution in [-0.2, 0) is 22.4 Å². The fourth-order valence-corrected chi connectivity index (χ4v) is 6.33. The van der Waals surface area contributed by atoms with E-state index in [1.165, 1.54) is 11.3 Å². The van der Waals surface area contributed by atoms with Crippen molar-refractivity contribution in [2.45, 2.75) is 31.8 Å². The first-order chi connectivity index (χ1) is 16.6. The van der Waals surface area contributed by atoms with E-state index in [0.29, 0.717) is 25.3 Å². The Labute approximate surface area is 205 Å². The van der Waals surface area contributed by atoms with Crippen molar-refractivity contribution in [3.8, 4) is 0 Å². The van der Waals surface area contributed by atoms with Gasteiger partial charge in [0, 0.05) is 18.8 Å². The zero-order valence-electron chi connectivity index (χ0n) is 19.5. The molecule has 3 aliphatic heterocycles. The van der Waals surface area contributed by atoms with Gasteiger partial charge in [-0.25, -0.2) is 0 Å². The van der Waals surface area contributed by atoms with Crippen LogP contribution in [0.5, 0.6) is 0 Å². The van der Waals surface area contributed by atoms with Gasteiger partial charge in [-0.15, -0.1) is 11.3 Å². The minimum absolute atomic E-state index is 0.0971. The summed E-state index contributed by atoms with van der Waals surface area (Å²) in [7, 11) is 0. The lowest BCUT2D eigenvalue weighted by Crippen LogP contribution is -2.65. The molecular weight excluding hydrogens is 442 g/mol. The van der Waals surface area contributed by atoms with Crippen molar-refractivity contribution in [2.24, 2.45) is 11.8 Å². The van der Waals surface area contributed by atoms with E-state index in [2.05, 4.69) is 24.3 Å². The monoisotopic (exact) mass is 474 g/mol. The molecule has 0 unspecified atom stereocenters. The number of ether oxygens (including phenoxy) is 1. The van der Waals surface area contributed by atoms with Gasteiger partial charge in [-0.1, -0.05) is 66.7 Å². The number of quaternary nitrogens is 1. The van der Waals surface area contributed by atoms with Gasteiger partial charge in [-0.3, -0.25) is 9.59 Å². The number of benzene rings is 2. The van der Waals surface area contributed by atoms with Crippen LogP contribution in [0.4, 0.5) is 0 Å². The third-order valence-corrected chi connectivity index (χ3v) is 8.48. The summed E-state index contributed by atoms with van der Waals surface area (Å²) in [4.78, 5) is 27.2. The summed E-state index contributed by atoms with van der Waals surface area (Å²) in [5.74, 6) is 0.303. The Morgan fingerprint density at radius 2 is 1.50 bits per heavy atom. The first kappa shape index (κ1) is 23.0. The number of esters is 1. The van der Waals surface area contributed by atoms with Crippen LogP contribution >= 0.6 is 11.3 Å². The second kappa shape index (κ2) is 10.2. The Kier molecular flexibility index (Phi) is 6.93. The van der Waals surface area contributed by atoms with Crippen LogP contribution in [0.3, 0.4) is 0 Å². The lowest BCUT2D eigenvalue weighted by molar-refractivity contribution is -0.938. The molecule has 2 aromatic carbocycles. The van der Waals surface area contributed by atoms with Crippen LogP contribution < -0.4 is 0 Å². The highest BCUT2D eigenvalue weighted by atomic mass is 32.1. The predicted molar refractivity (Wildman–Crippen MR) is 135 cm³/mol. The number of piperidine rings is 3. The summed E-state index contributed by atoms with van der Waals surface area (Å²) >= 11 is 1.51. The van der Waals surface area contributed by atoms with Crippen LogP contribution in [0.1, 0.15) is 33.6 Å².